The standard InChI is InChI=1S/C16H13F3N2O6S/c1-2-27-15(22)11-5-3-4-6-12(11)20-28(25,26)14-8-7-10(16(17,18)19)9-13(14)21(23)24/h3-9,20H,2H2,1H3. The molecule has 2 rings (SSSR count). The Labute approximate surface area is 157 Å². The first kappa shape index (κ1) is 21.2. The van der Waals surface area contributed by atoms with Gasteiger partial charge < -0.3 is 4.74 Å². The van der Waals surface area contributed by atoms with Gasteiger partial charge in [-0.3, -0.25) is 14.8 Å². The number of hydrogen-bond acceptors (Lipinski definition) is 6. The Morgan fingerprint density at radius 1 is 1.21 bits per heavy atom. The number of esters is 1. The Morgan fingerprint density at radius 3 is 2.43 bits per heavy atom. The lowest BCUT2D eigenvalue weighted by atomic mass is 10.2. The molecule has 0 fully saturated rings. The molecule has 0 aliphatic carbocycles. The van der Waals surface area contributed by atoms with Crippen LogP contribution in [0.15, 0.2) is 47.4 Å². The maximum Gasteiger partial charge on any atom is 0.416 e. The zero-order chi connectivity index (χ0) is 21.1. The highest BCUT2D eigenvalue weighted by Crippen LogP contribution is 2.35. The summed E-state index contributed by atoms with van der Waals surface area (Å²) in [5.74, 6) is -0.845. The summed E-state index contributed by atoms with van der Waals surface area (Å²) >= 11 is 0. The van der Waals surface area contributed by atoms with Crippen molar-refractivity contribution in [3.05, 3.63) is 63.7 Å². The van der Waals surface area contributed by atoms with E-state index in [0.717, 1.165) is 0 Å². The third-order valence-electron chi connectivity index (χ3n) is 3.44. The van der Waals surface area contributed by atoms with Crippen LogP contribution in [0, 0.1) is 10.1 Å². The summed E-state index contributed by atoms with van der Waals surface area (Å²) in [6, 6.07) is 6.32. The Hall–Kier alpha value is -3.15. The summed E-state index contributed by atoms with van der Waals surface area (Å²) in [6.07, 6.45) is -4.89. The maximum atomic E-state index is 12.8. The molecule has 0 spiro atoms. The molecule has 12 heteroatoms. The molecule has 150 valence electrons. The number of nitro benzene ring substituents is 1. The first-order chi connectivity index (χ1) is 13.0. The van der Waals surface area contributed by atoms with E-state index >= 15 is 0 Å². The van der Waals surface area contributed by atoms with Crippen LogP contribution in [0.3, 0.4) is 0 Å². The number of alkyl halides is 3. The van der Waals surface area contributed by atoms with E-state index < -0.39 is 43.2 Å². The first-order valence-corrected chi connectivity index (χ1v) is 9.10. The van der Waals surface area contributed by atoms with Gasteiger partial charge in [0.15, 0.2) is 4.90 Å². The van der Waals surface area contributed by atoms with Crippen LogP contribution >= 0.6 is 0 Å². The summed E-state index contributed by atoms with van der Waals surface area (Å²) in [7, 11) is -4.69. The van der Waals surface area contributed by atoms with Crippen LogP contribution in [0.2, 0.25) is 0 Å². The third-order valence-corrected chi connectivity index (χ3v) is 4.85. The van der Waals surface area contributed by atoms with Crippen molar-refractivity contribution in [1.29, 1.82) is 0 Å². The molecule has 2 aromatic carbocycles. The van der Waals surface area contributed by atoms with E-state index in [9.17, 15) is 36.5 Å². The van der Waals surface area contributed by atoms with Crippen LogP contribution in [0.1, 0.15) is 22.8 Å². The molecule has 0 aromatic heterocycles. The lowest BCUT2D eigenvalue weighted by Crippen LogP contribution is -2.18. The Balaban J connectivity index is 2.52. The number of nitro groups is 1. The molecule has 0 atom stereocenters. The van der Waals surface area contributed by atoms with Crippen molar-refractivity contribution in [2.45, 2.75) is 18.0 Å². The normalized spacial score (nSPS) is 11.7. The summed E-state index contributed by atoms with van der Waals surface area (Å²) in [5.41, 5.74) is -3.03. The maximum absolute atomic E-state index is 12.8. The fraction of sp³-hybridized carbons (Fsp3) is 0.188. The number of rotatable bonds is 6. The average molecular weight is 418 g/mol. The number of benzene rings is 2. The van der Waals surface area contributed by atoms with Crippen molar-refractivity contribution < 1.29 is 36.0 Å². The van der Waals surface area contributed by atoms with Crippen molar-refractivity contribution in [1.82, 2.24) is 0 Å². The van der Waals surface area contributed by atoms with E-state index in [1.165, 1.54) is 31.2 Å². The quantitative estimate of drug-likeness (QED) is 0.435. The van der Waals surface area contributed by atoms with Crippen LogP contribution in [-0.4, -0.2) is 25.9 Å². The van der Waals surface area contributed by atoms with E-state index in [2.05, 4.69) is 0 Å². The van der Waals surface area contributed by atoms with Gasteiger partial charge in [-0.15, -0.1) is 0 Å². The predicted octanol–water partition coefficient (Wildman–Crippen LogP) is 3.59. The number of nitrogens with zero attached hydrogens (tertiary/aromatic N) is 1. The van der Waals surface area contributed by atoms with Crippen LogP contribution < -0.4 is 4.72 Å². The Bertz CT molecular complexity index is 1020. The minimum atomic E-state index is -4.89. The van der Waals surface area contributed by atoms with Gasteiger partial charge in [0.2, 0.25) is 0 Å². The van der Waals surface area contributed by atoms with Gasteiger partial charge in [0.25, 0.3) is 15.7 Å². The molecular formula is C16H13F3N2O6S. The Kier molecular flexibility index (Phi) is 5.92. The molecule has 0 aliphatic heterocycles. The molecule has 0 saturated carbocycles. The van der Waals surface area contributed by atoms with Crippen molar-refractivity contribution in [2.75, 3.05) is 11.3 Å². The molecule has 0 heterocycles. The number of sulfonamides is 1. The second-order valence-electron chi connectivity index (χ2n) is 5.31. The topological polar surface area (TPSA) is 116 Å². The lowest BCUT2D eigenvalue weighted by Gasteiger charge is -2.13. The zero-order valence-electron chi connectivity index (χ0n) is 14.2. The molecule has 8 nitrogen and oxygen atoms in total. The summed E-state index contributed by atoms with van der Waals surface area (Å²) in [4.78, 5) is 20.8. The number of carbonyl (C=O) groups excluding carboxylic acids is 1. The van der Waals surface area contributed by atoms with Crippen molar-refractivity contribution in [2.24, 2.45) is 0 Å². The van der Waals surface area contributed by atoms with Crippen LogP contribution in [0.5, 0.6) is 0 Å². The smallest absolute Gasteiger partial charge is 0.416 e. The van der Waals surface area contributed by atoms with Crippen LogP contribution in [0.4, 0.5) is 24.5 Å². The average Bonchev–Trinajstić information content (AvgIpc) is 2.60. The predicted molar refractivity (Wildman–Crippen MR) is 91.3 cm³/mol. The zero-order valence-corrected chi connectivity index (χ0v) is 15.0. The van der Waals surface area contributed by atoms with Gasteiger partial charge in [-0.1, -0.05) is 12.1 Å². The van der Waals surface area contributed by atoms with Gasteiger partial charge in [0.05, 0.1) is 28.3 Å². The second-order valence-corrected chi connectivity index (χ2v) is 6.96. The van der Waals surface area contributed by atoms with E-state index in [4.69, 9.17) is 4.74 Å². The van der Waals surface area contributed by atoms with E-state index in [1.54, 1.807) is 0 Å². The van der Waals surface area contributed by atoms with Gasteiger partial charge >= 0.3 is 12.1 Å². The monoisotopic (exact) mass is 418 g/mol. The van der Waals surface area contributed by atoms with Crippen molar-refractivity contribution in [3.8, 4) is 0 Å². The molecular weight excluding hydrogens is 405 g/mol. The SMILES string of the molecule is CCOC(=O)c1ccccc1NS(=O)(=O)c1ccc(C(F)(F)F)cc1[N+](=O)[O-]. The minimum Gasteiger partial charge on any atom is -0.462 e. The molecule has 0 amide bonds. The number of hydrogen-bond donors (Lipinski definition) is 1. The highest BCUT2D eigenvalue weighted by molar-refractivity contribution is 7.92. The van der Waals surface area contributed by atoms with Gasteiger partial charge in [0.1, 0.15) is 0 Å². The summed E-state index contributed by atoms with van der Waals surface area (Å²) < 4.78 is 70.3. The molecule has 0 radical (unpaired) electrons. The Morgan fingerprint density at radius 2 is 1.86 bits per heavy atom. The molecule has 28 heavy (non-hydrogen) atoms. The summed E-state index contributed by atoms with van der Waals surface area (Å²) in [6.45, 7) is 1.56. The molecule has 0 saturated heterocycles. The fourth-order valence-corrected chi connectivity index (χ4v) is 3.46. The van der Waals surface area contributed by atoms with Crippen LogP contribution in [-0.2, 0) is 20.9 Å². The highest BCUT2D eigenvalue weighted by Gasteiger charge is 2.35. The molecule has 0 aliphatic rings. The first-order valence-electron chi connectivity index (χ1n) is 7.62. The van der Waals surface area contributed by atoms with E-state index in [1.807, 2.05) is 4.72 Å². The highest BCUT2D eigenvalue weighted by atomic mass is 32.2. The number of para-hydroxylation sites is 1. The molecule has 0 unspecified atom stereocenters. The molecule has 2 aromatic rings. The largest absolute Gasteiger partial charge is 0.462 e. The van der Waals surface area contributed by atoms with E-state index in [0.29, 0.717) is 12.1 Å². The van der Waals surface area contributed by atoms with Gasteiger partial charge in [-0.25, -0.2) is 13.2 Å². The molecule has 0 bridgehead atoms. The minimum absolute atomic E-state index is 0.0181. The van der Waals surface area contributed by atoms with E-state index in [-0.39, 0.29) is 23.9 Å². The third kappa shape index (κ3) is 4.57. The van der Waals surface area contributed by atoms with Crippen LogP contribution in [0.25, 0.3) is 0 Å². The molecule has 1 N–H and O–H groups in total. The number of anilines is 1. The number of carbonyl (C=O) groups is 1. The summed E-state index contributed by atoms with van der Waals surface area (Å²) in [5, 5.41) is 11.1. The van der Waals surface area contributed by atoms with Crippen molar-refractivity contribution in [3.63, 3.8) is 0 Å². The van der Waals surface area contributed by atoms with Gasteiger partial charge in [-0.05, 0) is 31.2 Å². The number of nitrogens with one attached hydrogen (secondary N) is 1. The number of ether oxygens (including phenoxy) is 1. The lowest BCUT2D eigenvalue weighted by molar-refractivity contribution is -0.388. The fourth-order valence-electron chi connectivity index (χ4n) is 2.22. The van der Waals surface area contributed by atoms with Gasteiger partial charge in [-0.2, -0.15) is 13.2 Å². The second kappa shape index (κ2) is 7.84. The number of halogens is 3. The van der Waals surface area contributed by atoms with Crippen molar-refractivity contribution >= 4 is 27.4 Å². The van der Waals surface area contributed by atoms with Gasteiger partial charge in [0, 0.05) is 6.07 Å².